The fraction of sp³-hybridized carbons (Fsp3) is 0.111. The van der Waals surface area contributed by atoms with Crippen LogP contribution in [0, 0.1) is 0 Å². The van der Waals surface area contributed by atoms with Crippen molar-refractivity contribution >= 4 is 23.8 Å². The molecule has 116 valence electrons. The first-order chi connectivity index (χ1) is 11.1. The average molecular weight is 308 g/mol. The van der Waals surface area contributed by atoms with Crippen LogP contribution in [-0.4, -0.2) is 23.5 Å². The topological polar surface area (TPSA) is 72.6 Å². The van der Waals surface area contributed by atoms with Crippen molar-refractivity contribution in [1.82, 2.24) is 4.90 Å². The van der Waals surface area contributed by atoms with Crippen LogP contribution in [0.15, 0.2) is 60.7 Å². The predicted octanol–water partition coefficient (Wildman–Crippen LogP) is 3.00. The zero-order chi connectivity index (χ0) is 16.2. The van der Waals surface area contributed by atoms with Crippen molar-refractivity contribution in [3.8, 4) is 0 Å². The Morgan fingerprint density at radius 1 is 1.17 bits per heavy atom. The number of cyclic esters (lactones) is 1. The average Bonchev–Trinajstić information content (AvgIpc) is 2.95. The standard InChI is InChI=1S/C18H16N2O3/c19-15-8-4-5-13(11-15)9-10-17(21)20-16(12-23-18(20)22)14-6-2-1-3-7-14/h1-11,16H,12,19H2. The first kappa shape index (κ1) is 14.8. The Balaban J connectivity index is 1.80. The van der Waals surface area contributed by atoms with Crippen molar-refractivity contribution in [2.45, 2.75) is 6.04 Å². The van der Waals surface area contributed by atoms with Gasteiger partial charge in [-0.1, -0.05) is 42.5 Å². The van der Waals surface area contributed by atoms with E-state index in [1.807, 2.05) is 36.4 Å². The largest absolute Gasteiger partial charge is 0.446 e. The highest BCUT2D eigenvalue weighted by atomic mass is 16.6. The molecule has 2 amide bonds. The van der Waals surface area contributed by atoms with Crippen LogP contribution in [0.4, 0.5) is 10.5 Å². The van der Waals surface area contributed by atoms with Gasteiger partial charge in [-0.05, 0) is 29.3 Å². The smallest absolute Gasteiger partial charge is 0.417 e. The molecule has 1 fully saturated rings. The van der Waals surface area contributed by atoms with Gasteiger partial charge in [0.1, 0.15) is 12.6 Å². The van der Waals surface area contributed by atoms with E-state index in [0.29, 0.717) is 5.69 Å². The Labute approximate surface area is 134 Å². The summed E-state index contributed by atoms with van der Waals surface area (Å²) in [6.07, 6.45) is 2.37. The van der Waals surface area contributed by atoms with E-state index >= 15 is 0 Å². The molecule has 0 aliphatic carbocycles. The number of carbonyl (C=O) groups excluding carboxylic acids is 2. The third-order valence-electron chi connectivity index (χ3n) is 3.62. The molecular weight excluding hydrogens is 292 g/mol. The minimum Gasteiger partial charge on any atom is -0.446 e. The van der Waals surface area contributed by atoms with E-state index in [1.54, 1.807) is 24.3 Å². The number of imide groups is 1. The summed E-state index contributed by atoms with van der Waals surface area (Å²) >= 11 is 0. The van der Waals surface area contributed by atoms with E-state index in [2.05, 4.69) is 0 Å². The Morgan fingerprint density at radius 3 is 2.70 bits per heavy atom. The number of carbonyl (C=O) groups is 2. The monoisotopic (exact) mass is 308 g/mol. The number of hydrogen-bond acceptors (Lipinski definition) is 4. The summed E-state index contributed by atoms with van der Waals surface area (Å²) in [5, 5.41) is 0. The second kappa shape index (κ2) is 6.36. The molecule has 2 aromatic carbocycles. The van der Waals surface area contributed by atoms with E-state index in [0.717, 1.165) is 16.0 Å². The lowest BCUT2D eigenvalue weighted by atomic mass is 10.1. The van der Waals surface area contributed by atoms with Gasteiger partial charge in [0.05, 0.1) is 0 Å². The minimum absolute atomic E-state index is 0.167. The van der Waals surface area contributed by atoms with Crippen LogP contribution >= 0.6 is 0 Å². The fourth-order valence-electron chi connectivity index (χ4n) is 2.50. The molecule has 0 radical (unpaired) electrons. The normalized spacial score (nSPS) is 17.5. The molecule has 1 heterocycles. The summed E-state index contributed by atoms with van der Waals surface area (Å²) in [4.78, 5) is 25.4. The first-order valence-electron chi connectivity index (χ1n) is 7.23. The summed E-state index contributed by atoms with van der Waals surface area (Å²) < 4.78 is 5.04. The molecule has 0 aromatic heterocycles. The first-order valence-corrected chi connectivity index (χ1v) is 7.23. The molecule has 1 aliphatic heterocycles. The zero-order valence-electron chi connectivity index (χ0n) is 12.4. The van der Waals surface area contributed by atoms with Crippen molar-refractivity contribution in [1.29, 1.82) is 0 Å². The van der Waals surface area contributed by atoms with Crippen LogP contribution in [-0.2, 0) is 9.53 Å². The van der Waals surface area contributed by atoms with Gasteiger partial charge in [-0.3, -0.25) is 4.79 Å². The maximum atomic E-state index is 12.4. The van der Waals surface area contributed by atoms with Crippen molar-refractivity contribution in [3.63, 3.8) is 0 Å². The number of amides is 2. The van der Waals surface area contributed by atoms with Gasteiger partial charge in [0.25, 0.3) is 5.91 Å². The second-order valence-corrected chi connectivity index (χ2v) is 5.22. The molecule has 2 N–H and O–H groups in total. The van der Waals surface area contributed by atoms with Gasteiger partial charge in [-0.15, -0.1) is 0 Å². The highest BCUT2D eigenvalue weighted by Gasteiger charge is 2.37. The quantitative estimate of drug-likeness (QED) is 0.699. The number of nitrogens with two attached hydrogens (primary N) is 1. The highest BCUT2D eigenvalue weighted by molar-refractivity contribution is 6.02. The van der Waals surface area contributed by atoms with Crippen LogP contribution in [0.1, 0.15) is 17.2 Å². The summed E-state index contributed by atoms with van der Waals surface area (Å²) in [5.41, 5.74) is 7.98. The minimum atomic E-state index is -0.624. The molecule has 2 aromatic rings. The molecule has 1 saturated heterocycles. The van der Waals surface area contributed by atoms with E-state index in [4.69, 9.17) is 10.5 Å². The fourth-order valence-corrected chi connectivity index (χ4v) is 2.50. The lowest BCUT2D eigenvalue weighted by Crippen LogP contribution is -2.32. The van der Waals surface area contributed by atoms with Gasteiger partial charge in [0, 0.05) is 11.8 Å². The van der Waals surface area contributed by atoms with Crippen LogP contribution < -0.4 is 5.73 Å². The summed E-state index contributed by atoms with van der Waals surface area (Å²) in [7, 11) is 0. The molecule has 0 spiro atoms. The Morgan fingerprint density at radius 2 is 1.96 bits per heavy atom. The van der Waals surface area contributed by atoms with E-state index in [1.165, 1.54) is 6.08 Å². The van der Waals surface area contributed by atoms with Crippen LogP contribution in [0.5, 0.6) is 0 Å². The van der Waals surface area contributed by atoms with Crippen molar-refractivity contribution in [2.24, 2.45) is 0 Å². The van der Waals surface area contributed by atoms with Gasteiger partial charge in [-0.25, -0.2) is 9.69 Å². The van der Waals surface area contributed by atoms with Gasteiger partial charge in [-0.2, -0.15) is 0 Å². The van der Waals surface area contributed by atoms with Gasteiger partial charge in [0.15, 0.2) is 0 Å². The number of benzene rings is 2. The third kappa shape index (κ3) is 3.23. The van der Waals surface area contributed by atoms with Crippen molar-refractivity contribution in [3.05, 3.63) is 71.8 Å². The lowest BCUT2D eigenvalue weighted by Gasteiger charge is -2.18. The third-order valence-corrected chi connectivity index (χ3v) is 3.62. The van der Waals surface area contributed by atoms with Crippen molar-refractivity contribution < 1.29 is 14.3 Å². The molecule has 1 atom stereocenters. The number of hydrogen-bond donors (Lipinski definition) is 1. The molecule has 3 rings (SSSR count). The maximum Gasteiger partial charge on any atom is 0.417 e. The van der Waals surface area contributed by atoms with Crippen molar-refractivity contribution in [2.75, 3.05) is 12.3 Å². The number of ether oxygens (including phenoxy) is 1. The van der Waals surface area contributed by atoms with E-state index < -0.39 is 18.0 Å². The Bertz CT molecular complexity index is 756. The Kier molecular flexibility index (Phi) is 4.10. The van der Waals surface area contributed by atoms with E-state index in [9.17, 15) is 9.59 Å². The predicted molar refractivity (Wildman–Crippen MR) is 87.3 cm³/mol. The summed E-state index contributed by atoms with van der Waals surface area (Å²) in [6, 6.07) is 16.1. The summed E-state index contributed by atoms with van der Waals surface area (Å²) in [5.74, 6) is -0.413. The number of rotatable bonds is 3. The van der Waals surface area contributed by atoms with Gasteiger partial charge >= 0.3 is 6.09 Å². The molecule has 0 bridgehead atoms. The molecule has 5 heteroatoms. The van der Waals surface area contributed by atoms with E-state index in [-0.39, 0.29) is 6.61 Å². The second-order valence-electron chi connectivity index (χ2n) is 5.22. The SMILES string of the molecule is Nc1cccc(C=CC(=O)N2C(=O)OCC2c2ccccc2)c1. The molecule has 5 nitrogen and oxygen atoms in total. The molecule has 1 unspecified atom stereocenters. The van der Waals surface area contributed by atoms with Crippen LogP contribution in [0.25, 0.3) is 6.08 Å². The van der Waals surface area contributed by atoms with Crippen LogP contribution in [0.2, 0.25) is 0 Å². The zero-order valence-corrected chi connectivity index (χ0v) is 12.4. The number of anilines is 1. The highest BCUT2D eigenvalue weighted by Crippen LogP contribution is 2.27. The molecule has 23 heavy (non-hydrogen) atoms. The summed E-state index contributed by atoms with van der Waals surface area (Å²) in [6.45, 7) is 0.167. The Hall–Kier alpha value is -3.08. The van der Waals surface area contributed by atoms with Gasteiger partial charge in [0.2, 0.25) is 0 Å². The molecular formula is C18H16N2O3. The number of nitrogens with zero attached hydrogens (tertiary/aromatic N) is 1. The molecule has 1 aliphatic rings. The lowest BCUT2D eigenvalue weighted by molar-refractivity contribution is -0.124. The molecule has 0 saturated carbocycles. The van der Waals surface area contributed by atoms with Crippen LogP contribution in [0.3, 0.4) is 0 Å². The maximum absolute atomic E-state index is 12.4. The number of nitrogen functional groups attached to an aromatic ring is 1. The van der Waals surface area contributed by atoms with Gasteiger partial charge < -0.3 is 10.5 Å².